The molecule has 5 heteroatoms. The molecule has 1 amide bonds. The van der Waals surface area contributed by atoms with E-state index in [1.165, 1.54) is 19.3 Å². The number of aromatic nitrogens is 2. The molecular formula is C14H24N4O. The molecule has 5 nitrogen and oxygen atoms in total. The summed E-state index contributed by atoms with van der Waals surface area (Å²) < 4.78 is 0. The molecule has 0 aromatic carbocycles. The summed E-state index contributed by atoms with van der Waals surface area (Å²) in [6.07, 6.45) is 5.88. The molecule has 1 aromatic heterocycles. The second kappa shape index (κ2) is 8.45. The minimum absolute atomic E-state index is 0.154. The summed E-state index contributed by atoms with van der Waals surface area (Å²) in [6, 6.07) is 3.60. The summed E-state index contributed by atoms with van der Waals surface area (Å²) in [6.45, 7) is 4.22. The standard InChI is InChI=1S/C14H24N4O/c1-4-5-6-7-8-11(2)16-14(19)12-9-10-13(15-3)18-17-12/h9-11H,4-8H2,1-3H3,(H,15,18)(H,16,19). The summed E-state index contributed by atoms with van der Waals surface area (Å²) in [4.78, 5) is 11.9. The zero-order valence-electron chi connectivity index (χ0n) is 12.1. The van der Waals surface area contributed by atoms with Crippen LogP contribution in [0.4, 0.5) is 5.82 Å². The fraction of sp³-hybridized carbons (Fsp3) is 0.643. The van der Waals surface area contributed by atoms with Crippen molar-refractivity contribution in [2.24, 2.45) is 0 Å². The van der Waals surface area contributed by atoms with Gasteiger partial charge in [-0.15, -0.1) is 10.2 Å². The smallest absolute Gasteiger partial charge is 0.272 e. The van der Waals surface area contributed by atoms with E-state index < -0.39 is 0 Å². The number of anilines is 1. The Bertz CT molecular complexity index is 378. The normalized spacial score (nSPS) is 11.9. The predicted octanol–water partition coefficient (Wildman–Crippen LogP) is 2.61. The van der Waals surface area contributed by atoms with E-state index in [1.807, 2.05) is 6.92 Å². The van der Waals surface area contributed by atoms with E-state index in [0.717, 1.165) is 12.8 Å². The number of unbranched alkanes of at least 4 members (excludes halogenated alkanes) is 3. The molecule has 0 aliphatic heterocycles. The molecule has 0 bridgehead atoms. The minimum atomic E-state index is -0.154. The first kappa shape index (κ1) is 15.4. The lowest BCUT2D eigenvalue weighted by molar-refractivity contribution is 0.0932. The van der Waals surface area contributed by atoms with Crippen LogP contribution in [0.2, 0.25) is 0 Å². The Labute approximate surface area is 115 Å². The molecule has 0 radical (unpaired) electrons. The van der Waals surface area contributed by atoms with Crippen LogP contribution < -0.4 is 10.6 Å². The van der Waals surface area contributed by atoms with Gasteiger partial charge in [-0.1, -0.05) is 32.6 Å². The topological polar surface area (TPSA) is 66.9 Å². The molecule has 1 atom stereocenters. The minimum Gasteiger partial charge on any atom is -0.372 e. The van der Waals surface area contributed by atoms with Crippen molar-refractivity contribution in [1.82, 2.24) is 15.5 Å². The van der Waals surface area contributed by atoms with Crippen LogP contribution in [-0.4, -0.2) is 29.2 Å². The lowest BCUT2D eigenvalue weighted by atomic mass is 10.1. The highest BCUT2D eigenvalue weighted by Gasteiger charge is 2.11. The van der Waals surface area contributed by atoms with Gasteiger partial charge in [0.05, 0.1) is 0 Å². The number of hydrogen-bond acceptors (Lipinski definition) is 4. The lowest BCUT2D eigenvalue weighted by Gasteiger charge is -2.13. The average Bonchev–Trinajstić information content (AvgIpc) is 2.43. The quantitative estimate of drug-likeness (QED) is 0.708. The van der Waals surface area contributed by atoms with E-state index in [4.69, 9.17) is 0 Å². The molecule has 1 heterocycles. The third kappa shape index (κ3) is 5.68. The monoisotopic (exact) mass is 264 g/mol. The van der Waals surface area contributed by atoms with Crippen LogP contribution in [0.3, 0.4) is 0 Å². The highest BCUT2D eigenvalue weighted by molar-refractivity contribution is 5.92. The van der Waals surface area contributed by atoms with Crippen molar-refractivity contribution in [3.63, 3.8) is 0 Å². The van der Waals surface area contributed by atoms with Crippen LogP contribution in [0.15, 0.2) is 12.1 Å². The van der Waals surface area contributed by atoms with Gasteiger partial charge in [-0.25, -0.2) is 0 Å². The summed E-state index contributed by atoms with van der Waals surface area (Å²) in [7, 11) is 1.77. The van der Waals surface area contributed by atoms with Gasteiger partial charge in [-0.3, -0.25) is 4.79 Å². The van der Waals surface area contributed by atoms with E-state index in [9.17, 15) is 4.79 Å². The highest BCUT2D eigenvalue weighted by atomic mass is 16.2. The molecule has 1 unspecified atom stereocenters. The number of carbonyl (C=O) groups is 1. The van der Waals surface area contributed by atoms with E-state index in [0.29, 0.717) is 11.5 Å². The van der Waals surface area contributed by atoms with Crippen molar-refractivity contribution in [3.8, 4) is 0 Å². The van der Waals surface area contributed by atoms with Crippen molar-refractivity contribution in [1.29, 1.82) is 0 Å². The van der Waals surface area contributed by atoms with E-state index in [2.05, 4.69) is 27.8 Å². The summed E-state index contributed by atoms with van der Waals surface area (Å²) in [5.74, 6) is 0.502. The second-order valence-electron chi connectivity index (χ2n) is 4.78. The largest absolute Gasteiger partial charge is 0.372 e. The molecule has 19 heavy (non-hydrogen) atoms. The zero-order chi connectivity index (χ0) is 14.1. The van der Waals surface area contributed by atoms with Gasteiger partial charge in [-0.2, -0.15) is 0 Å². The van der Waals surface area contributed by atoms with Gasteiger partial charge in [0.25, 0.3) is 5.91 Å². The van der Waals surface area contributed by atoms with Gasteiger partial charge >= 0.3 is 0 Å². The molecule has 0 aliphatic rings. The van der Waals surface area contributed by atoms with Crippen LogP contribution >= 0.6 is 0 Å². The van der Waals surface area contributed by atoms with Crippen molar-refractivity contribution in [3.05, 3.63) is 17.8 Å². The van der Waals surface area contributed by atoms with E-state index >= 15 is 0 Å². The Morgan fingerprint density at radius 2 is 2.05 bits per heavy atom. The van der Waals surface area contributed by atoms with Crippen molar-refractivity contribution >= 4 is 11.7 Å². The fourth-order valence-electron chi connectivity index (χ4n) is 1.83. The molecule has 0 aliphatic carbocycles. The number of amides is 1. The molecule has 106 valence electrons. The van der Waals surface area contributed by atoms with E-state index in [-0.39, 0.29) is 11.9 Å². The van der Waals surface area contributed by atoms with Gasteiger partial charge in [-0.05, 0) is 25.5 Å². The number of nitrogens with zero attached hydrogens (tertiary/aromatic N) is 2. The second-order valence-corrected chi connectivity index (χ2v) is 4.78. The Morgan fingerprint density at radius 1 is 1.26 bits per heavy atom. The van der Waals surface area contributed by atoms with Gasteiger partial charge in [0, 0.05) is 13.1 Å². The van der Waals surface area contributed by atoms with Crippen LogP contribution in [0.5, 0.6) is 0 Å². The van der Waals surface area contributed by atoms with E-state index in [1.54, 1.807) is 19.2 Å². The van der Waals surface area contributed by atoms with Crippen molar-refractivity contribution in [2.75, 3.05) is 12.4 Å². The summed E-state index contributed by atoms with van der Waals surface area (Å²) >= 11 is 0. The summed E-state index contributed by atoms with van der Waals surface area (Å²) in [5, 5.41) is 13.6. The van der Waals surface area contributed by atoms with Crippen LogP contribution in [0.1, 0.15) is 56.4 Å². The summed E-state index contributed by atoms with van der Waals surface area (Å²) in [5.41, 5.74) is 0.361. The Kier molecular flexibility index (Phi) is 6.85. The Balaban J connectivity index is 2.36. The highest BCUT2D eigenvalue weighted by Crippen LogP contribution is 2.06. The first-order valence-corrected chi connectivity index (χ1v) is 6.99. The van der Waals surface area contributed by atoms with Crippen molar-refractivity contribution < 1.29 is 4.79 Å². The number of hydrogen-bond donors (Lipinski definition) is 2. The zero-order valence-corrected chi connectivity index (χ0v) is 12.1. The molecule has 0 spiro atoms. The van der Waals surface area contributed by atoms with Crippen LogP contribution in [0.25, 0.3) is 0 Å². The Morgan fingerprint density at radius 3 is 2.63 bits per heavy atom. The maximum absolute atomic E-state index is 11.9. The molecule has 0 saturated heterocycles. The van der Waals surface area contributed by atoms with Gasteiger partial charge in [0.2, 0.25) is 0 Å². The van der Waals surface area contributed by atoms with Crippen molar-refractivity contribution in [2.45, 2.75) is 52.0 Å². The maximum Gasteiger partial charge on any atom is 0.272 e. The molecule has 1 aromatic rings. The molecular weight excluding hydrogens is 240 g/mol. The first-order chi connectivity index (χ1) is 9.17. The maximum atomic E-state index is 11.9. The van der Waals surface area contributed by atoms with Crippen LogP contribution in [-0.2, 0) is 0 Å². The first-order valence-electron chi connectivity index (χ1n) is 6.99. The predicted molar refractivity (Wildman–Crippen MR) is 77.3 cm³/mol. The SMILES string of the molecule is CCCCCCC(C)NC(=O)c1ccc(NC)nn1. The van der Waals surface area contributed by atoms with Gasteiger partial charge < -0.3 is 10.6 Å². The fourth-order valence-corrected chi connectivity index (χ4v) is 1.83. The number of nitrogens with one attached hydrogen (secondary N) is 2. The number of carbonyl (C=O) groups excluding carboxylic acids is 1. The third-order valence-corrected chi connectivity index (χ3v) is 3.02. The average molecular weight is 264 g/mol. The lowest BCUT2D eigenvalue weighted by Crippen LogP contribution is -2.33. The number of rotatable bonds is 8. The van der Waals surface area contributed by atoms with Gasteiger partial charge in [0.1, 0.15) is 5.82 Å². The molecule has 0 saturated carbocycles. The van der Waals surface area contributed by atoms with Crippen LogP contribution in [0, 0.1) is 0 Å². The Hall–Kier alpha value is -1.65. The van der Waals surface area contributed by atoms with Gasteiger partial charge in [0.15, 0.2) is 5.69 Å². The molecule has 0 fully saturated rings. The molecule has 2 N–H and O–H groups in total. The molecule has 1 rings (SSSR count). The third-order valence-electron chi connectivity index (χ3n) is 3.02.